The third-order valence-corrected chi connectivity index (χ3v) is 2.32. The average molecular weight is 170 g/mol. The molecule has 0 bridgehead atoms. The number of hydrogen-bond acceptors (Lipinski definition) is 2. The zero-order valence-electron chi connectivity index (χ0n) is 7.99. The zero-order chi connectivity index (χ0) is 8.97. The molecule has 1 unspecified atom stereocenters. The Morgan fingerprint density at radius 1 is 1.58 bits per heavy atom. The minimum absolute atomic E-state index is 0.680. The highest BCUT2D eigenvalue weighted by Gasteiger charge is 2.18. The molecule has 0 aliphatic carbocycles. The largest absolute Gasteiger partial charge is 0.345 e. The van der Waals surface area contributed by atoms with Crippen molar-refractivity contribution in [1.29, 1.82) is 0 Å². The predicted octanol–water partition coefficient (Wildman–Crippen LogP) is 0.416. The average Bonchev–Trinajstić information content (AvgIpc) is 2.03. The summed E-state index contributed by atoms with van der Waals surface area (Å²) in [5, 5.41) is 0. The van der Waals surface area contributed by atoms with Crippen LogP contribution in [0.25, 0.3) is 0 Å². The molecule has 0 aromatic heterocycles. The third-order valence-electron chi connectivity index (χ3n) is 2.32. The summed E-state index contributed by atoms with van der Waals surface area (Å²) in [5.41, 5.74) is 0. The van der Waals surface area contributed by atoms with E-state index in [0.717, 1.165) is 32.5 Å². The first-order valence-corrected chi connectivity index (χ1v) is 4.56. The summed E-state index contributed by atoms with van der Waals surface area (Å²) in [6, 6.07) is 0. The topological polar surface area (TPSA) is 23.6 Å². The molecule has 12 heavy (non-hydrogen) atoms. The van der Waals surface area contributed by atoms with Crippen molar-refractivity contribution in [3.63, 3.8) is 0 Å². The van der Waals surface area contributed by atoms with Gasteiger partial charge in [-0.1, -0.05) is 0 Å². The lowest BCUT2D eigenvalue weighted by atomic mass is 9.98. The maximum absolute atomic E-state index is 10.5. The van der Waals surface area contributed by atoms with Crippen LogP contribution in [0.4, 0.5) is 0 Å². The van der Waals surface area contributed by atoms with Crippen LogP contribution in [0.1, 0.15) is 12.8 Å². The van der Waals surface area contributed by atoms with Gasteiger partial charge in [-0.05, 0) is 32.9 Å². The van der Waals surface area contributed by atoms with Crippen LogP contribution in [0.5, 0.6) is 0 Å². The molecule has 1 rings (SSSR count). The lowest BCUT2D eigenvalue weighted by Gasteiger charge is -2.31. The smallest absolute Gasteiger partial charge is 0.209 e. The summed E-state index contributed by atoms with van der Waals surface area (Å²) in [6.45, 7) is 3.00. The minimum atomic E-state index is 0.680. The third kappa shape index (κ3) is 2.81. The van der Waals surface area contributed by atoms with Crippen LogP contribution in [-0.2, 0) is 4.79 Å². The highest BCUT2D eigenvalue weighted by Crippen LogP contribution is 2.15. The first kappa shape index (κ1) is 9.52. The molecule has 0 saturated carbocycles. The van der Waals surface area contributed by atoms with Crippen molar-refractivity contribution in [3.05, 3.63) is 0 Å². The number of likely N-dealkylation sites (tertiary alicyclic amines) is 1. The normalized spacial score (nSPS) is 24.6. The fourth-order valence-electron chi connectivity index (χ4n) is 1.86. The Morgan fingerprint density at radius 3 is 2.92 bits per heavy atom. The molecule has 3 heteroatoms. The second-order valence-electron chi connectivity index (χ2n) is 3.87. The number of amides is 1. The zero-order valence-corrected chi connectivity index (χ0v) is 7.99. The van der Waals surface area contributed by atoms with Crippen molar-refractivity contribution in [2.24, 2.45) is 5.92 Å². The van der Waals surface area contributed by atoms with E-state index in [1.165, 1.54) is 6.42 Å². The summed E-state index contributed by atoms with van der Waals surface area (Å²) >= 11 is 0. The first-order chi connectivity index (χ1) is 5.72. The monoisotopic (exact) mass is 170 g/mol. The van der Waals surface area contributed by atoms with Gasteiger partial charge < -0.3 is 9.80 Å². The van der Waals surface area contributed by atoms with Gasteiger partial charge in [-0.15, -0.1) is 0 Å². The van der Waals surface area contributed by atoms with Gasteiger partial charge in [-0.2, -0.15) is 0 Å². The van der Waals surface area contributed by atoms with E-state index in [0.29, 0.717) is 5.92 Å². The van der Waals surface area contributed by atoms with Crippen LogP contribution in [0.15, 0.2) is 0 Å². The van der Waals surface area contributed by atoms with Gasteiger partial charge in [0.1, 0.15) is 0 Å². The van der Waals surface area contributed by atoms with E-state index in [9.17, 15) is 4.79 Å². The van der Waals surface area contributed by atoms with E-state index in [2.05, 4.69) is 19.0 Å². The Bertz CT molecular complexity index is 147. The molecule has 0 spiro atoms. The molecular formula is C9H18N2O. The SMILES string of the molecule is CN(C)CC1CCCN(C=O)C1. The van der Waals surface area contributed by atoms with Crippen LogP contribution in [0.2, 0.25) is 0 Å². The van der Waals surface area contributed by atoms with Crippen LogP contribution >= 0.6 is 0 Å². The Balaban J connectivity index is 2.30. The molecule has 0 aromatic carbocycles. The molecule has 1 amide bonds. The van der Waals surface area contributed by atoms with Crippen molar-refractivity contribution >= 4 is 6.41 Å². The summed E-state index contributed by atoms with van der Waals surface area (Å²) in [6.07, 6.45) is 3.40. The molecular weight excluding hydrogens is 152 g/mol. The highest BCUT2D eigenvalue weighted by atomic mass is 16.1. The molecule has 0 radical (unpaired) electrons. The molecule has 1 saturated heterocycles. The van der Waals surface area contributed by atoms with Crippen molar-refractivity contribution in [3.8, 4) is 0 Å². The summed E-state index contributed by atoms with van der Waals surface area (Å²) in [4.78, 5) is 14.6. The Morgan fingerprint density at radius 2 is 2.33 bits per heavy atom. The number of carbonyl (C=O) groups is 1. The Labute approximate surface area is 74.3 Å². The fourth-order valence-corrected chi connectivity index (χ4v) is 1.86. The molecule has 0 aromatic rings. The number of hydrogen-bond donors (Lipinski definition) is 0. The van der Waals surface area contributed by atoms with E-state index in [1.54, 1.807) is 0 Å². The number of carbonyl (C=O) groups excluding carboxylic acids is 1. The number of nitrogens with zero attached hydrogens (tertiary/aromatic N) is 2. The van der Waals surface area contributed by atoms with E-state index >= 15 is 0 Å². The molecule has 70 valence electrons. The molecule has 1 heterocycles. The van der Waals surface area contributed by atoms with E-state index in [1.807, 2.05) is 4.90 Å². The lowest BCUT2D eigenvalue weighted by Crippen LogP contribution is -2.38. The summed E-state index contributed by atoms with van der Waals surface area (Å²) < 4.78 is 0. The fraction of sp³-hybridized carbons (Fsp3) is 0.889. The van der Waals surface area contributed by atoms with Crippen molar-refractivity contribution in [1.82, 2.24) is 9.80 Å². The predicted molar refractivity (Wildman–Crippen MR) is 48.9 cm³/mol. The van der Waals surface area contributed by atoms with Crippen LogP contribution < -0.4 is 0 Å². The Kier molecular flexibility index (Phi) is 3.53. The number of piperidine rings is 1. The van der Waals surface area contributed by atoms with Gasteiger partial charge >= 0.3 is 0 Å². The van der Waals surface area contributed by atoms with E-state index in [4.69, 9.17) is 0 Å². The minimum Gasteiger partial charge on any atom is -0.345 e. The molecule has 1 atom stereocenters. The second-order valence-corrected chi connectivity index (χ2v) is 3.87. The van der Waals surface area contributed by atoms with Crippen molar-refractivity contribution in [2.45, 2.75) is 12.8 Å². The molecule has 3 nitrogen and oxygen atoms in total. The number of rotatable bonds is 3. The van der Waals surface area contributed by atoms with Gasteiger partial charge in [-0.25, -0.2) is 0 Å². The van der Waals surface area contributed by atoms with Crippen LogP contribution in [-0.4, -0.2) is 49.9 Å². The van der Waals surface area contributed by atoms with Gasteiger partial charge in [0.05, 0.1) is 0 Å². The van der Waals surface area contributed by atoms with E-state index in [-0.39, 0.29) is 0 Å². The molecule has 0 N–H and O–H groups in total. The highest BCUT2D eigenvalue weighted by molar-refractivity contribution is 5.47. The van der Waals surface area contributed by atoms with Gasteiger partial charge in [0.15, 0.2) is 0 Å². The first-order valence-electron chi connectivity index (χ1n) is 4.56. The molecule has 1 aliphatic heterocycles. The molecule has 1 fully saturated rings. The quantitative estimate of drug-likeness (QED) is 0.573. The van der Waals surface area contributed by atoms with Crippen molar-refractivity contribution in [2.75, 3.05) is 33.7 Å². The molecule has 1 aliphatic rings. The summed E-state index contributed by atoms with van der Waals surface area (Å²) in [7, 11) is 4.17. The maximum Gasteiger partial charge on any atom is 0.209 e. The van der Waals surface area contributed by atoms with Crippen LogP contribution in [0, 0.1) is 5.92 Å². The standard InChI is InChI=1S/C9H18N2O/c1-10(2)6-9-4-3-5-11(7-9)8-12/h8-9H,3-7H2,1-2H3. The van der Waals surface area contributed by atoms with Gasteiger partial charge in [-0.3, -0.25) is 4.79 Å². The lowest BCUT2D eigenvalue weighted by molar-refractivity contribution is -0.119. The Hall–Kier alpha value is -0.570. The van der Waals surface area contributed by atoms with Crippen LogP contribution in [0.3, 0.4) is 0 Å². The van der Waals surface area contributed by atoms with Gasteiger partial charge in [0.25, 0.3) is 0 Å². The summed E-state index contributed by atoms with van der Waals surface area (Å²) in [5.74, 6) is 0.680. The maximum atomic E-state index is 10.5. The van der Waals surface area contributed by atoms with Gasteiger partial charge in [0.2, 0.25) is 6.41 Å². The van der Waals surface area contributed by atoms with E-state index < -0.39 is 0 Å². The van der Waals surface area contributed by atoms with Gasteiger partial charge in [0, 0.05) is 19.6 Å². The van der Waals surface area contributed by atoms with Crippen molar-refractivity contribution < 1.29 is 4.79 Å². The second kappa shape index (κ2) is 4.45.